The van der Waals surface area contributed by atoms with Gasteiger partial charge in [-0.1, -0.05) is 18.2 Å². The molecule has 0 saturated heterocycles. The molecule has 134 valence electrons. The number of H-pyrrole nitrogens is 1. The molecule has 4 rings (SSSR count). The number of ether oxygens (including phenoxy) is 1. The molecule has 0 unspecified atom stereocenters. The lowest BCUT2D eigenvalue weighted by atomic mass is 10.0. The fraction of sp³-hybridized carbons (Fsp3) is 0.150. The fourth-order valence-corrected chi connectivity index (χ4v) is 3.26. The Morgan fingerprint density at radius 2 is 2.15 bits per heavy atom. The van der Waals surface area contributed by atoms with Crippen molar-refractivity contribution in [3.8, 4) is 28.6 Å². The molecule has 0 atom stereocenters. The van der Waals surface area contributed by atoms with Gasteiger partial charge in [-0.3, -0.25) is 0 Å². The minimum atomic E-state index is 0.202. The van der Waals surface area contributed by atoms with Gasteiger partial charge in [0.05, 0.1) is 30.5 Å². The number of imidazole rings is 1. The molecule has 3 heterocycles. The standard InChI is InChI=1S/C20H18N6O/c1-27-7-6-26-11-16(13-4-2-3-5-19(13)26)17-8-14(18-10-23-12-24-18)15(9-21)20(22)25-17/h2-5,8,10-12H,6-7H2,1H3,(H2,22,25)(H,23,24). The minimum absolute atomic E-state index is 0.202. The Hall–Kier alpha value is -3.63. The van der Waals surface area contributed by atoms with Crippen LogP contribution in [0.25, 0.3) is 33.4 Å². The lowest BCUT2D eigenvalue weighted by molar-refractivity contribution is 0.188. The van der Waals surface area contributed by atoms with Crippen LogP contribution >= 0.6 is 0 Å². The number of pyridine rings is 1. The van der Waals surface area contributed by atoms with Crippen molar-refractivity contribution in [3.63, 3.8) is 0 Å². The summed E-state index contributed by atoms with van der Waals surface area (Å²) in [5.41, 5.74) is 10.6. The van der Waals surface area contributed by atoms with Crippen molar-refractivity contribution in [3.05, 3.63) is 54.6 Å². The molecule has 3 N–H and O–H groups in total. The van der Waals surface area contributed by atoms with E-state index in [2.05, 4.69) is 37.7 Å². The van der Waals surface area contributed by atoms with Gasteiger partial charge in [0.15, 0.2) is 0 Å². The van der Waals surface area contributed by atoms with Gasteiger partial charge in [0.2, 0.25) is 0 Å². The Bertz CT molecular complexity index is 1140. The van der Waals surface area contributed by atoms with Crippen molar-refractivity contribution in [2.24, 2.45) is 0 Å². The lowest BCUT2D eigenvalue weighted by Crippen LogP contribution is -2.02. The number of nitrogens with one attached hydrogen (secondary N) is 1. The van der Waals surface area contributed by atoms with E-state index in [9.17, 15) is 5.26 Å². The smallest absolute Gasteiger partial charge is 0.142 e. The second-order valence-electron chi connectivity index (χ2n) is 6.14. The topological polar surface area (TPSA) is 106 Å². The summed E-state index contributed by atoms with van der Waals surface area (Å²) in [5.74, 6) is 0.202. The van der Waals surface area contributed by atoms with Crippen molar-refractivity contribution in [1.29, 1.82) is 5.26 Å². The quantitative estimate of drug-likeness (QED) is 0.570. The van der Waals surface area contributed by atoms with Gasteiger partial charge in [0.25, 0.3) is 0 Å². The highest BCUT2D eigenvalue weighted by atomic mass is 16.5. The van der Waals surface area contributed by atoms with Gasteiger partial charge in [0.1, 0.15) is 17.5 Å². The van der Waals surface area contributed by atoms with Gasteiger partial charge in [-0.05, 0) is 12.1 Å². The van der Waals surface area contributed by atoms with Gasteiger partial charge in [0, 0.05) is 41.9 Å². The molecule has 0 spiro atoms. The van der Waals surface area contributed by atoms with Crippen molar-refractivity contribution in [1.82, 2.24) is 19.5 Å². The molecular weight excluding hydrogens is 340 g/mol. The number of fused-ring (bicyclic) bond motifs is 1. The molecule has 0 fully saturated rings. The first-order valence-electron chi connectivity index (χ1n) is 8.49. The zero-order valence-electron chi connectivity index (χ0n) is 14.8. The molecule has 7 nitrogen and oxygen atoms in total. The van der Waals surface area contributed by atoms with Crippen LogP contribution in [0.3, 0.4) is 0 Å². The average molecular weight is 358 g/mol. The number of rotatable bonds is 5. The van der Waals surface area contributed by atoms with Crippen LogP contribution in [0.5, 0.6) is 0 Å². The molecule has 0 aliphatic heterocycles. The molecule has 1 aromatic carbocycles. The summed E-state index contributed by atoms with van der Waals surface area (Å²) in [5, 5.41) is 10.6. The summed E-state index contributed by atoms with van der Waals surface area (Å²) in [6.07, 6.45) is 5.29. The minimum Gasteiger partial charge on any atom is -0.383 e. The fourth-order valence-electron chi connectivity index (χ4n) is 3.26. The van der Waals surface area contributed by atoms with Crippen molar-refractivity contribution in [2.75, 3.05) is 19.5 Å². The summed E-state index contributed by atoms with van der Waals surface area (Å²) >= 11 is 0. The molecule has 3 aromatic heterocycles. The lowest BCUT2D eigenvalue weighted by Gasteiger charge is -2.08. The monoisotopic (exact) mass is 358 g/mol. The Kier molecular flexibility index (Phi) is 4.32. The van der Waals surface area contributed by atoms with Gasteiger partial charge >= 0.3 is 0 Å². The maximum Gasteiger partial charge on any atom is 0.142 e. The van der Waals surface area contributed by atoms with E-state index in [1.54, 1.807) is 19.6 Å². The Balaban J connectivity index is 1.93. The first-order valence-corrected chi connectivity index (χ1v) is 8.49. The third-order valence-corrected chi connectivity index (χ3v) is 4.55. The second kappa shape index (κ2) is 6.94. The number of methoxy groups -OCH3 is 1. The molecule has 7 heteroatoms. The van der Waals surface area contributed by atoms with Crippen molar-refractivity contribution < 1.29 is 4.74 Å². The van der Waals surface area contributed by atoms with Crippen LogP contribution in [-0.4, -0.2) is 33.2 Å². The summed E-state index contributed by atoms with van der Waals surface area (Å²) < 4.78 is 7.36. The van der Waals surface area contributed by atoms with E-state index in [-0.39, 0.29) is 5.82 Å². The molecule has 0 aliphatic carbocycles. The third-order valence-electron chi connectivity index (χ3n) is 4.55. The number of benzene rings is 1. The molecule has 4 aromatic rings. The number of para-hydroxylation sites is 1. The van der Waals surface area contributed by atoms with E-state index >= 15 is 0 Å². The van der Waals surface area contributed by atoms with Crippen LogP contribution in [-0.2, 0) is 11.3 Å². The Morgan fingerprint density at radius 1 is 1.30 bits per heavy atom. The second-order valence-corrected chi connectivity index (χ2v) is 6.14. The number of nitrogens with zero attached hydrogens (tertiary/aromatic N) is 4. The normalized spacial score (nSPS) is 11.0. The van der Waals surface area contributed by atoms with Crippen molar-refractivity contribution >= 4 is 16.7 Å². The highest BCUT2D eigenvalue weighted by Crippen LogP contribution is 2.34. The summed E-state index contributed by atoms with van der Waals surface area (Å²) in [7, 11) is 1.69. The van der Waals surface area contributed by atoms with E-state index in [4.69, 9.17) is 10.5 Å². The van der Waals surface area contributed by atoms with E-state index in [0.717, 1.165) is 28.7 Å². The predicted molar refractivity (Wildman–Crippen MR) is 104 cm³/mol. The number of aromatic amines is 1. The maximum atomic E-state index is 9.51. The van der Waals surface area contributed by atoms with E-state index < -0.39 is 0 Å². The van der Waals surface area contributed by atoms with Gasteiger partial charge < -0.3 is 20.0 Å². The molecule has 27 heavy (non-hydrogen) atoms. The Labute approximate surface area is 156 Å². The highest BCUT2D eigenvalue weighted by Gasteiger charge is 2.17. The van der Waals surface area contributed by atoms with E-state index in [1.807, 2.05) is 24.4 Å². The zero-order valence-corrected chi connectivity index (χ0v) is 14.8. The van der Waals surface area contributed by atoms with Crippen molar-refractivity contribution in [2.45, 2.75) is 6.54 Å². The number of hydrogen-bond donors (Lipinski definition) is 2. The number of hydrogen-bond acceptors (Lipinski definition) is 5. The average Bonchev–Trinajstić information content (AvgIpc) is 3.34. The number of nitrogens with two attached hydrogens (primary N) is 1. The number of nitriles is 1. The highest BCUT2D eigenvalue weighted by molar-refractivity contribution is 5.96. The molecule has 0 radical (unpaired) electrons. The van der Waals surface area contributed by atoms with Crippen LogP contribution < -0.4 is 5.73 Å². The number of nitrogen functional groups attached to an aromatic ring is 1. The largest absolute Gasteiger partial charge is 0.383 e. The molecule has 0 bridgehead atoms. The molecular formula is C20H18N6O. The van der Waals surface area contributed by atoms with Crippen LogP contribution in [0.15, 0.2) is 49.1 Å². The number of anilines is 1. The molecule has 0 saturated carbocycles. The van der Waals surface area contributed by atoms with Crippen LogP contribution in [0.1, 0.15) is 5.56 Å². The van der Waals surface area contributed by atoms with E-state index in [0.29, 0.717) is 23.4 Å². The third kappa shape index (κ3) is 2.92. The van der Waals surface area contributed by atoms with Crippen LogP contribution in [0, 0.1) is 11.3 Å². The molecule has 0 amide bonds. The predicted octanol–water partition coefficient (Wildman–Crippen LogP) is 3.19. The Morgan fingerprint density at radius 3 is 2.89 bits per heavy atom. The first kappa shape index (κ1) is 16.8. The van der Waals surface area contributed by atoms with E-state index in [1.165, 1.54) is 0 Å². The summed E-state index contributed by atoms with van der Waals surface area (Å²) in [6.45, 7) is 1.34. The number of aromatic nitrogens is 4. The van der Waals surface area contributed by atoms with Crippen LogP contribution in [0.2, 0.25) is 0 Å². The van der Waals surface area contributed by atoms with Gasteiger partial charge in [-0.2, -0.15) is 5.26 Å². The van der Waals surface area contributed by atoms with Crippen LogP contribution in [0.4, 0.5) is 5.82 Å². The summed E-state index contributed by atoms with van der Waals surface area (Å²) in [4.78, 5) is 11.6. The molecule has 0 aliphatic rings. The zero-order chi connectivity index (χ0) is 18.8. The van der Waals surface area contributed by atoms with Gasteiger partial charge in [-0.15, -0.1) is 0 Å². The summed E-state index contributed by atoms with van der Waals surface area (Å²) in [6, 6.07) is 12.1. The maximum absolute atomic E-state index is 9.51. The first-order chi connectivity index (χ1) is 13.2. The SMILES string of the molecule is COCCn1cc(-c2cc(-c3cnc[nH]3)c(C#N)c(N)n2)c2ccccc21. The van der Waals surface area contributed by atoms with Gasteiger partial charge in [-0.25, -0.2) is 9.97 Å².